The van der Waals surface area contributed by atoms with Gasteiger partial charge < -0.3 is 45.4 Å². The van der Waals surface area contributed by atoms with E-state index in [9.17, 15) is 37.5 Å². The van der Waals surface area contributed by atoms with Gasteiger partial charge in [0.15, 0.2) is 11.6 Å². The number of nitrogens with two attached hydrogens (primary N) is 2. The Morgan fingerprint density at radius 2 is 1.59 bits per heavy atom. The van der Waals surface area contributed by atoms with Gasteiger partial charge in [-0.3, -0.25) is 34.2 Å². The molecule has 0 saturated carbocycles. The van der Waals surface area contributed by atoms with E-state index in [1.807, 2.05) is 0 Å². The van der Waals surface area contributed by atoms with E-state index in [0.717, 1.165) is 11.0 Å². The van der Waals surface area contributed by atoms with Gasteiger partial charge in [0, 0.05) is 43.4 Å². The Bertz CT molecular complexity index is 2410. The molecule has 2 atom stereocenters. The number of anilines is 2. The number of nitrogen functional groups attached to an aromatic ring is 1. The fourth-order valence-corrected chi connectivity index (χ4v) is 7.60. The third-order valence-electron chi connectivity index (χ3n) is 10.7. The van der Waals surface area contributed by atoms with E-state index in [-0.39, 0.29) is 111 Å². The van der Waals surface area contributed by atoms with Crippen LogP contribution in [0.3, 0.4) is 0 Å². The van der Waals surface area contributed by atoms with Crippen molar-refractivity contribution in [2.45, 2.75) is 37.8 Å². The first kappa shape index (κ1) is 45.1. The zero-order valence-electron chi connectivity index (χ0n) is 34.5. The van der Waals surface area contributed by atoms with Crippen molar-refractivity contribution in [3.8, 4) is 22.8 Å². The van der Waals surface area contributed by atoms with E-state index in [4.69, 9.17) is 35.2 Å². The number of likely N-dealkylation sites (tertiary alicyclic amines) is 1. The summed E-state index contributed by atoms with van der Waals surface area (Å²) >= 11 is 0. The molecule has 19 nitrogen and oxygen atoms in total. The van der Waals surface area contributed by atoms with E-state index in [1.165, 1.54) is 33.8 Å². The molecule has 0 bridgehead atoms. The van der Waals surface area contributed by atoms with Gasteiger partial charge in [0.2, 0.25) is 11.8 Å². The minimum atomic E-state index is -1.05. The van der Waals surface area contributed by atoms with Gasteiger partial charge in [-0.1, -0.05) is 6.07 Å². The number of hydrogen-bond acceptors (Lipinski definition) is 14. The van der Waals surface area contributed by atoms with Crippen LogP contribution in [-0.2, 0) is 28.5 Å². The largest absolute Gasteiger partial charge is 0.454 e. The number of rotatable bonds is 19. The predicted molar refractivity (Wildman–Crippen MR) is 222 cm³/mol. The Morgan fingerprint density at radius 3 is 2.30 bits per heavy atom. The molecule has 64 heavy (non-hydrogen) atoms. The first-order valence-corrected chi connectivity index (χ1v) is 20.6. The SMILES string of the molecule is NC(=O)c1c(-c2ccc(Oc3ccc(F)cc3F)cc2)nn([C@@H]2CCCN(C(=O)OCCOCCOCCOCCNc3cccc4c3C(=O)N(C3CCC(=O)NC3=O)C4=O)C2)c1N. The molecule has 1 unspecified atom stereocenters. The molecule has 0 spiro atoms. The van der Waals surface area contributed by atoms with Gasteiger partial charge in [0.25, 0.3) is 17.7 Å². The number of nitrogens with one attached hydrogen (secondary N) is 2. The number of primary amides is 1. The number of carbonyl (C=O) groups is 6. The molecule has 0 aliphatic carbocycles. The molecular formula is C43H46F2N8O11. The van der Waals surface area contributed by atoms with Gasteiger partial charge in [0.1, 0.15) is 41.3 Å². The number of nitrogens with zero attached hydrogens (tertiary/aromatic N) is 4. The normalized spacial score (nSPS) is 17.3. The summed E-state index contributed by atoms with van der Waals surface area (Å²) in [5.74, 6) is -4.55. The number of aromatic nitrogens is 2. The van der Waals surface area contributed by atoms with E-state index in [1.54, 1.807) is 24.3 Å². The first-order chi connectivity index (χ1) is 30.9. The third kappa shape index (κ3) is 10.3. The van der Waals surface area contributed by atoms with Crippen molar-refractivity contribution in [3.05, 3.63) is 89.0 Å². The van der Waals surface area contributed by atoms with Gasteiger partial charge in [-0.2, -0.15) is 5.10 Å². The molecule has 6 amide bonds. The molecular weight excluding hydrogens is 843 g/mol. The number of piperidine rings is 2. The zero-order chi connectivity index (χ0) is 45.3. The molecule has 3 aliphatic heterocycles. The van der Waals surface area contributed by atoms with E-state index >= 15 is 0 Å². The molecule has 3 aromatic carbocycles. The zero-order valence-corrected chi connectivity index (χ0v) is 34.5. The maximum atomic E-state index is 14.1. The number of imide groups is 2. The van der Waals surface area contributed by atoms with Gasteiger partial charge in [0.05, 0.1) is 56.8 Å². The van der Waals surface area contributed by atoms with Crippen LogP contribution in [0, 0.1) is 11.6 Å². The fraction of sp³-hybridized carbons (Fsp3) is 0.372. The molecule has 2 saturated heterocycles. The second-order valence-corrected chi connectivity index (χ2v) is 14.9. The van der Waals surface area contributed by atoms with Crippen molar-refractivity contribution >= 4 is 47.1 Å². The highest BCUT2D eigenvalue weighted by atomic mass is 19.1. The molecule has 3 aliphatic rings. The summed E-state index contributed by atoms with van der Waals surface area (Å²) in [6.07, 6.45) is 0.793. The molecule has 4 heterocycles. The van der Waals surface area contributed by atoms with E-state index in [0.29, 0.717) is 43.2 Å². The summed E-state index contributed by atoms with van der Waals surface area (Å²) in [4.78, 5) is 78.1. The molecule has 2 fully saturated rings. The lowest BCUT2D eigenvalue weighted by Gasteiger charge is -2.32. The lowest BCUT2D eigenvalue weighted by atomic mass is 10.0. The van der Waals surface area contributed by atoms with E-state index < -0.39 is 53.3 Å². The number of hydrogen-bond donors (Lipinski definition) is 4. The van der Waals surface area contributed by atoms with Gasteiger partial charge in [-0.05, 0) is 67.8 Å². The Hall–Kier alpha value is -6.97. The first-order valence-electron chi connectivity index (χ1n) is 20.6. The third-order valence-corrected chi connectivity index (χ3v) is 10.7. The van der Waals surface area contributed by atoms with Crippen LogP contribution in [0.5, 0.6) is 11.5 Å². The fourth-order valence-electron chi connectivity index (χ4n) is 7.60. The molecule has 21 heteroatoms. The lowest BCUT2D eigenvalue weighted by Crippen LogP contribution is -2.54. The summed E-state index contributed by atoms with van der Waals surface area (Å²) in [5.41, 5.74) is 13.6. The number of fused-ring (bicyclic) bond motifs is 1. The summed E-state index contributed by atoms with van der Waals surface area (Å²) in [5, 5.41) is 9.92. The van der Waals surface area contributed by atoms with E-state index in [2.05, 4.69) is 15.7 Å². The highest BCUT2D eigenvalue weighted by Crippen LogP contribution is 2.35. The van der Waals surface area contributed by atoms with Crippen LogP contribution in [0.1, 0.15) is 62.8 Å². The van der Waals surface area contributed by atoms with Gasteiger partial charge in [-0.25, -0.2) is 18.3 Å². The second kappa shape index (κ2) is 20.5. The van der Waals surface area contributed by atoms with Gasteiger partial charge in [-0.15, -0.1) is 0 Å². The van der Waals surface area contributed by atoms with Crippen LogP contribution in [0.4, 0.5) is 25.1 Å². The van der Waals surface area contributed by atoms with Crippen molar-refractivity contribution in [2.75, 3.05) is 76.9 Å². The quantitative estimate of drug-likeness (QED) is 0.0776. The maximum absolute atomic E-state index is 14.1. The van der Waals surface area contributed by atoms with Crippen LogP contribution in [0.15, 0.2) is 60.7 Å². The monoisotopic (exact) mass is 888 g/mol. The highest BCUT2D eigenvalue weighted by Gasteiger charge is 2.45. The standard InChI is InChI=1S/C43H46F2N8O11/c44-26-8-12-33(30(45)23-26)64-28-9-6-25(7-10-28)37-36(39(47)55)38(46)53(50-37)27-3-2-15-51(24-27)43(59)63-22-21-62-20-19-61-18-17-60-16-14-48-31-5-1-4-29-35(31)42(58)52(41(29)57)32-11-13-34(54)49-40(32)56/h1,4-10,12,23,27,32,48H,2-3,11,13-22,24,46H2,(H2,47,55)(H,49,54,56)/t27-,32?/m1/s1. The van der Waals surface area contributed by atoms with Gasteiger partial charge >= 0.3 is 6.09 Å². The highest BCUT2D eigenvalue weighted by molar-refractivity contribution is 6.25. The van der Waals surface area contributed by atoms with Crippen LogP contribution in [0.25, 0.3) is 11.3 Å². The smallest absolute Gasteiger partial charge is 0.409 e. The molecule has 1 aromatic heterocycles. The lowest BCUT2D eigenvalue weighted by molar-refractivity contribution is -0.136. The minimum Gasteiger partial charge on any atom is -0.454 e. The van der Waals surface area contributed by atoms with Crippen molar-refractivity contribution < 1.29 is 61.2 Å². The van der Waals surface area contributed by atoms with Crippen LogP contribution < -0.4 is 26.8 Å². The molecule has 338 valence electrons. The molecule has 0 radical (unpaired) electrons. The summed E-state index contributed by atoms with van der Waals surface area (Å²) in [6, 6.07) is 12.6. The number of ether oxygens (including phenoxy) is 5. The second-order valence-electron chi connectivity index (χ2n) is 14.9. The topological polar surface area (TPSA) is 249 Å². The van der Waals surface area contributed by atoms with Crippen molar-refractivity contribution in [1.82, 2.24) is 24.9 Å². The van der Waals surface area contributed by atoms with Crippen molar-refractivity contribution in [3.63, 3.8) is 0 Å². The number of amides is 6. The van der Waals surface area contributed by atoms with Crippen molar-refractivity contribution in [1.29, 1.82) is 0 Å². The number of halogens is 2. The average molecular weight is 889 g/mol. The van der Waals surface area contributed by atoms with Crippen LogP contribution in [0.2, 0.25) is 0 Å². The maximum Gasteiger partial charge on any atom is 0.409 e. The Kier molecular flexibility index (Phi) is 14.4. The van der Waals surface area contributed by atoms with Crippen LogP contribution in [-0.4, -0.2) is 127 Å². The average Bonchev–Trinajstić information content (AvgIpc) is 3.76. The Balaban J connectivity index is 0.775. The van der Waals surface area contributed by atoms with Crippen LogP contribution >= 0.6 is 0 Å². The number of benzene rings is 3. The Labute approximate surface area is 364 Å². The molecule has 4 aromatic rings. The number of carbonyl (C=O) groups excluding carboxylic acids is 6. The minimum absolute atomic E-state index is 0.00281. The predicted octanol–water partition coefficient (Wildman–Crippen LogP) is 3.64. The summed E-state index contributed by atoms with van der Waals surface area (Å²) < 4.78 is 56.5. The Morgan fingerprint density at radius 1 is 0.875 bits per heavy atom. The summed E-state index contributed by atoms with van der Waals surface area (Å²) in [6.45, 7) is 2.48. The summed E-state index contributed by atoms with van der Waals surface area (Å²) in [7, 11) is 0. The van der Waals surface area contributed by atoms with Crippen molar-refractivity contribution in [2.24, 2.45) is 5.73 Å². The molecule has 7 rings (SSSR count). The molecule has 6 N–H and O–H groups in total.